The third-order valence-corrected chi connectivity index (χ3v) is 3.49. The molecule has 2 rings (SSSR count). The fraction of sp³-hybridized carbons (Fsp3) is 0.692. The van der Waals surface area contributed by atoms with Crippen LogP contribution >= 0.6 is 0 Å². The Morgan fingerprint density at radius 3 is 2.50 bits per heavy atom. The fourth-order valence-corrected chi connectivity index (χ4v) is 2.52. The minimum Gasteiger partial charge on any atom is -0.379 e. The molecule has 0 spiro atoms. The summed E-state index contributed by atoms with van der Waals surface area (Å²) in [5.41, 5.74) is 4.27. The van der Waals surface area contributed by atoms with Crippen LogP contribution in [0, 0.1) is 13.8 Å². The lowest BCUT2D eigenvalue weighted by Gasteiger charge is -2.26. The first-order valence-corrected chi connectivity index (χ1v) is 6.18. The second-order valence-corrected chi connectivity index (χ2v) is 4.53. The van der Waals surface area contributed by atoms with Crippen molar-refractivity contribution in [3.05, 3.63) is 23.0 Å². The van der Waals surface area contributed by atoms with Crippen molar-refractivity contribution in [3.8, 4) is 0 Å². The lowest BCUT2D eigenvalue weighted by molar-refractivity contribution is 0.0341. The van der Waals surface area contributed by atoms with Gasteiger partial charge in [-0.3, -0.25) is 4.90 Å². The number of nitrogens with zero attached hydrogens (tertiary/aromatic N) is 2. The van der Waals surface area contributed by atoms with Gasteiger partial charge in [0.25, 0.3) is 0 Å². The Balaban J connectivity index is 2.08. The quantitative estimate of drug-likeness (QED) is 0.778. The summed E-state index contributed by atoms with van der Waals surface area (Å²) in [7, 11) is 0. The van der Waals surface area contributed by atoms with Crippen LogP contribution < -0.4 is 0 Å². The van der Waals surface area contributed by atoms with Crippen molar-refractivity contribution in [2.75, 3.05) is 26.3 Å². The maximum absolute atomic E-state index is 5.37. The van der Waals surface area contributed by atoms with E-state index in [1.54, 1.807) is 0 Å². The zero-order chi connectivity index (χ0) is 11.5. The van der Waals surface area contributed by atoms with Gasteiger partial charge in [0.2, 0.25) is 0 Å². The molecule has 0 unspecified atom stereocenters. The predicted molar refractivity (Wildman–Crippen MR) is 65.7 cm³/mol. The minimum atomic E-state index is 0.881. The van der Waals surface area contributed by atoms with E-state index in [-0.39, 0.29) is 0 Å². The summed E-state index contributed by atoms with van der Waals surface area (Å²) in [5.74, 6) is 0. The van der Waals surface area contributed by atoms with E-state index in [4.69, 9.17) is 4.74 Å². The molecular formula is C13H22N2O. The molecule has 1 aromatic heterocycles. The molecule has 16 heavy (non-hydrogen) atoms. The molecule has 0 N–H and O–H groups in total. The molecule has 0 amide bonds. The van der Waals surface area contributed by atoms with Crippen molar-refractivity contribution < 1.29 is 4.74 Å². The van der Waals surface area contributed by atoms with E-state index in [1.807, 2.05) is 0 Å². The Bertz CT molecular complexity index is 351. The van der Waals surface area contributed by atoms with E-state index in [1.165, 1.54) is 17.0 Å². The van der Waals surface area contributed by atoms with Crippen molar-refractivity contribution in [1.82, 2.24) is 9.47 Å². The second kappa shape index (κ2) is 5.02. The van der Waals surface area contributed by atoms with E-state index >= 15 is 0 Å². The van der Waals surface area contributed by atoms with Crippen molar-refractivity contribution in [3.63, 3.8) is 0 Å². The monoisotopic (exact) mass is 222 g/mol. The molecule has 1 aromatic rings. The third kappa shape index (κ3) is 2.30. The number of aromatic nitrogens is 1. The first-order valence-electron chi connectivity index (χ1n) is 6.18. The number of rotatable bonds is 3. The van der Waals surface area contributed by atoms with Gasteiger partial charge < -0.3 is 9.30 Å². The van der Waals surface area contributed by atoms with Gasteiger partial charge in [-0.1, -0.05) is 0 Å². The highest BCUT2D eigenvalue weighted by Gasteiger charge is 2.14. The van der Waals surface area contributed by atoms with E-state index < -0.39 is 0 Å². The number of hydrogen-bond donors (Lipinski definition) is 0. The van der Waals surface area contributed by atoms with Crippen LogP contribution in [0.25, 0.3) is 0 Å². The Hall–Kier alpha value is -0.800. The summed E-state index contributed by atoms with van der Waals surface area (Å²) in [5, 5.41) is 0. The third-order valence-electron chi connectivity index (χ3n) is 3.49. The summed E-state index contributed by atoms with van der Waals surface area (Å²) in [6.45, 7) is 12.7. The van der Waals surface area contributed by atoms with Crippen LogP contribution in [0.15, 0.2) is 6.07 Å². The molecule has 90 valence electrons. The molecule has 1 aliphatic rings. The van der Waals surface area contributed by atoms with Gasteiger partial charge in [-0.15, -0.1) is 0 Å². The molecule has 0 radical (unpaired) electrons. The Kier molecular flexibility index (Phi) is 3.66. The summed E-state index contributed by atoms with van der Waals surface area (Å²) in [6.07, 6.45) is 0. The molecule has 1 saturated heterocycles. The van der Waals surface area contributed by atoms with E-state index in [9.17, 15) is 0 Å². The SMILES string of the molecule is CCn1c(C)cc(CN2CCOCC2)c1C. The lowest BCUT2D eigenvalue weighted by atomic mass is 10.2. The molecule has 3 heteroatoms. The molecule has 2 heterocycles. The Morgan fingerprint density at radius 1 is 1.25 bits per heavy atom. The molecule has 0 aromatic carbocycles. The largest absolute Gasteiger partial charge is 0.379 e. The van der Waals surface area contributed by atoms with Gasteiger partial charge in [-0.25, -0.2) is 0 Å². The molecule has 1 fully saturated rings. The lowest BCUT2D eigenvalue weighted by Crippen LogP contribution is -2.35. The standard InChI is InChI=1S/C13H22N2O/c1-4-15-11(2)9-13(12(15)3)10-14-5-7-16-8-6-14/h9H,4-8,10H2,1-3H3. The topological polar surface area (TPSA) is 17.4 Å². The van der Waals surface area contributed by atoms with Crippen LogP contribution in [0.2, 0.25) is 0 Å². The van der Waals surface area contributed by atoms with Gasteiger partial charge in [0.05, 0.1) is 13.2 Å². The zero-order valence-corrected chi connectivity index (χ0v) is 10.6. The minimum absolute atomic E-state index is 0.881. The van der Waals surface area contributed by atoms with Crippen molar-refractivity contribution in [1.29, 1.82) is 0 Å². The first kappa shape index (κ1) is 11.7. The molecular weight excluding hydrogens is 200 g/mol. The van der Waals surface area contributed by atoms with Gasteiger partial charge in [0, 0.05) is 37.6 Å². The van der Waals surface area contributed by atoms with Crippen molar-refractivity contribution in [2.45, 2.75) is 33.9 Å². The van der Waals surface area contributed by atoms with Gasteiger partial charge >= 0.3 is 0 Å². The average Bonchev–Trinajstić information content (AvgIpc) is 2.55. The maximum atomic E-state index is 5.37. The van der Waals surface area contributed by atoms with E-state index in [0.717, 1.165) is 39.4 Å². The Morgan fingerprint density at radius 2 is 1.94 bits per heavy atom. The summed E-state index contributed by atoms with van der Waals surface area (Å²) >= 11 is 0. The Labute approximate surface area is 98.0 Å². The highest BCUT2D eigenvalue weighted by molar-refractivity contribution is 5.26. The normalized spacial score (nSPS) is 17.9. The molecule has 1 aliphatic heterocycles. The molecule has 0 aliphatic carbocycles. The number of hydrogen-bond acceptors (Lipinski definition) is 2. The summed E-state index contributed by atoms with van der Waals surface area (Å²) in [4.78, 5) is 2.48. The molecule has 3 nitrogen and oxygen atoms in total. The smallest absolute Gasteiger partial charge is 0.0594 e. The van der Waals surface area contributed by atoms with Crippen LogP contribution in [-0.4, -0.2) is 35.8 Å². The number of ether oxygens (including phenoxy) is 1. The highest BCUT2D eigenvalue weighted by Crippen LogP contribution is 2.17. The average molecular weight is 222 g/mol. The molecule has 0 saturated carbocycles. The van der Waals surface area contributed by atoms with E-state index in [0.29, 0.717) is 0 Å². The van der Waals surface area contributed by atoms with Gasteiger partial charge in [-0.05, 0) is 32.4 Å². The van der Waals surface area contributed by atoms with Crippen LogP contribution in [0.1, 0.15) is 23.9 Å². The molecule has 0 bridgehead atoms. The number of aryl methyl sites for hydroxylation is 1. The number of morpholine rings is 1. The van der Waals surface area contributed by atoms with Gasteiger partial charge in [0.1, 0.15) is 0 Å². The van der Waals surface area contributed by atoms with Crippen LogP contribution in [-0.2, 0) is 17.8 Å². The summed E-state index contributed by atoms with van der Waals surface area (Å²) in [6, 6.07) is 2.33. The van der Waals surface area contributed by atoms with E-state index in [2.05, 4.69) is 36.3 Å². The first-order chi connectivity index (χ1) is 7.72. The maximum Gasteiger partial charge on any atom is 0.0594 e. The second-order valence-electron chi connectivity index (χ2n) is 4.53. The van der Waals surface area contributed by atoms with Crippen LogP contribution in [0.5, 0.6) is 0 Å². The van der Waals surface area contributed by atoms with Gasteiger partial charge in [0.15, 0.2) is 0 Å². The van der Waals surface area contributed by atoms with Crippen LogP contribution in [0.4, 0.5) is 0 Å². The van der Waals surface area contributed by atoms with Crippen molar-refractivity contribution in [2.24, 2.45) is 0 Å². The predicted octanol–water partition coefficient (Wildman–Crippen LogP) is 1.96. The van der Waals surface area contributed by atoms with Crippen LogP contribution in [0.3, 0.4) is 0 Å². The van der Waals surface area contributed by atoms with Gasteiger partial charge in [-0.2, -0.15) is 0 Å². The summed E-state index contributed by atoms with van der Waals surface area (Å²) < 4.78 is 7.76. The fourth-order valence-electron chi connectivity index (χ4n) is 2.52. The van der Waals surface area contributed by atoms with Crippen molar-refractivity contribution >= 4 is 0 Å². The highest BCUT2D eigenvalue weighted by atomic mass is 16.5. The zero-order valence-electron chi connectivity index (χ0n) is 10.6. The molecule has 0 atom stereocenters.